The van der Waals surface area contributed by atoms with Crippen LogP contribution in [0.15, 0.2) is 32.4 Å². The van der Waals surface area contributed by atoms with Gasteiger partial charge in [-0.1, -0.05) is 17.7 Å². The van der Waals surface area contributed by atoms with Crippen LogP contribution in [-0.2, 0) is 23.0 Å². The fourth-order valence-corrected chi connectivity index (χ4v) is 6.10. The number of aromatic nitrogens is 1. The zero-order chi connectivity index (χ0) is 14.3. The number of fused-ring (bicyclic) bond motifs is 1. The van der Waals surface area contributed by atoms with Crippen molar-refractivity contribution in [2.45, 2.75) is 17.2 Å². The van der Waals surface area contributed by atoms with Gasteiger partial charge in [0, 0.05) is 31.4 Å². The number of pyridine rings is 1. The molecule has 8 heteroatoms. The van der Waals surface area contributed by atoms with Crippen LogP contribution in [-0.4, -0.2) is 24.3 Å². The molecule has 1 aliphatic heterocycles. The highest BCUT2D eigenvalue weighted by atomic mass is 79.9. The van der Waals surface area contributed by atoms with E-state index in [-0.39, 0.29) is 4.21 Å². The molecule has 20 heavy (non-hydrogen) atoms. The largest absolute Gasteiger partial charge is 0.261 e. The number of halogens is 2. The van der Waals surface area contributed by atoms with Gasteiger partial charge in [0.25, 0.3) is 10.0 Å². The summed E-state index contributed by atoms with van der Waals surface area (Å²) < 4.78 is 27.6. The van der Waals surface area contributed by atoms with Gasteiger partial charge in [0.2, 0.25) is 0 Å². The third-order valence-corrected chi connectivity index (χ3v) is 7.91. The van der Waals surface area contributed by atoms with Gasteiger partial charge in [-0.15, -0.1) is 11.3 Å². The van der Waals surface area contributed by atoms with Crippen LogP contribution in [0.2, 0.25) is 5.02 Å². The second kappa shape index (κ2) is 5.38. The van der Waals surface area contributed by atoms with Crippen molar-refractivity contribution in [3.63, 3.8) is 0 Å². The minimum absolute atomic E-state index is 0.265. The average molecular weight is 394 g/mol. The number of nitrogens with zero attached hydrogens (tertiary/aromatic N) is 2. The number of hydrogen-bond acceptors (Lipinski definition) is 4. The molecule has 0 fully saturated rings. The van der Waals surface area contributed by atoms with Gasteiger partial charge < -0.3 is 0 Å². The zero-order valence-electron chi connectivity index (χ0n) is 10.2. The van der Waals surface area contributed by atoms with E-state index < -0.39 is 10.0 Å². The molecule has 3 heterocycles. The highest BCUT2D eigenvalue weighted by Crippen LogP contribution is 2.36. The molecule has 0 bridgehead atoms. The summed E-state index contributed by atoms with van der Waals surface area (Å²) in [6, 6.07) is 5.24. The first-order valence-corrected chi connectivity index (χ1v) is 9.29. The lowest BCUT2D eigenvalue weighted by atomic mass is 10.1. The van der Waals surface area contributed by atoms with Crippen molar-refractivity contribution in [2.75, 3.05) is 6.54 Å². The van der Waals surface area contributed by atoms with Crippen LogP contribution >= 0.6 is 38.9 Å². The van der Waals surface area contributed by atoms with E-state index in [2.05, 4.69) is 20.9 Å². The van der Waals surface area contributed by atoms with E-state index >= 15 is 0 Å². The van der Waals surface area contributed by atoms with E-state index in [1.807, 2.05) is 12.1 Å². The van der Waals surface area contributed by atoms with Crippen molar-refractivity contribution in [3.8, 4) is 0 Å². The van der Waals surface area contributed by atoms with Crippen LogP contribution < -0.4 is 0 Å². The molecule has 0 aromatic carbocycles. The molecule has 0 saturated heterocycles. The predicted molar refractivity (Wildman–Crippen MR) is 82.6 cm³/mol. The van der Waals surface area contributed by atoms with Crippen molar-refractivity contribution in [2.24, 2.45) is 0 Å². The van der Waals surface area contributed by atoms with E-state index in [0.717, 1.165) is 22.6 Å². The molecule has 0 amide bonds. The molecule has 1 aliphatic rings. The lowest BCUT2D eigenvalue weighted by Crippen LogP contribution is -2.35. The van der Waals surface area contributed by atoms with Crippen molar-refractivity contribution in [1.29, 1.82) is 0 Å². The summed E-state index contributed by atoms with van der Waals surface area (Å²) >= 11 is 10.3. The summed E-state index contributed by atoms with van der Waals surface area (Å²) in [5.41, 5.74) is 1.94. The first-order valence-electron chi connectivity index (χ1n) is 5.86. The van der Waals surface area contributed by atoms with Crippen LogP contribution in [0.3, 0.4) is 0 Å². The quantitative estimate of drug-likeness (QED) is 0.786. The van der Waals surface area contributed by atoms with Crippen LogP contribution in [0.25, 0.3) is 0 Å². The SMILES string of the molecule is O=S(=O)(c1cc(Cl)c(Br)s1)N1CCc2ncccc2C1. The highest BCUT2D eigenvalue weighted by molar-refractivity contribution is 9.11. The molecule has 0 N–H and O–H groups in total. The number of sulfonamides is 1. The topological polar surface area (TPSA) is 50.3 Å². The van der Waals surface area contributed by atoms with Crippen LogP contribution in [0.5, 0.6) is 0 Å². The first-order chi connectivity index (χ1) is 9.48. The average Bonchev–Trinajstić information content (AvgIpc) is 2.79. The third kappa shape index (κ3) is 2.53. The highest BCUT2D eigenvalue weighted by Gasteiger charge is 2.30. The monoisotopic (exact) mass is 392 g/mol. The smallest absolute Gasteiger partial charge is 0.252 e. The lowest BCUT2D eigenvalue weighted by molar-refractivity contribution is 0.389. The Morgan fingerprint density at radius 2 is 2.25 bits per heavy atom. The Balaban J connectivity index is 1.94. The van der Waals surface area contributed by atoms with Gasteiger partial charge in [-0.05, 0) is 33.6 Å². The van der Waals surface area contributed by atoms with Crippen molar-refractivity contribution in [1.82, 2.24) is 9.29 Å². The van der Waals surface area contributed by atoms with E-state index in [1.54, 1.807) is 6.20 Å². The van der Waals surface area contributed by atoms with Gasteiger partial charge in [0.15, 0.2) is 0 Å². The van der Waals surface area contributed by atoms with E-state index in [4.69, 9.17) is 11.6 Å². The minimum atomic E-state index is -3.50. The molecule has 0 spiro atoms. The molecule has 2 aromatic heterocycles. The zero-order valence-corrected chi connectivity index (χ0v) is 14.2. The van der Waals surface area contributed by atoms with E-state index in [9.17, 15) is 8.42 Å². The standard InChI is InChI=1S/C12H10BrClN2O2S2/c13-12-9(14)6-11(19-12)20(17,18)16-5-3-10-8(7-16)2-1-4-15-10/h1-2,4,6H,3,5,7H2. The van der Waals surface area contributed by atoms with Crippen molar-refractivity contribution >= 4 is 48.9 Å². The van der Waals surface area contributed by atoms with Gasteiger partial charge in [-0.2, -0.15) is 4.31 Å². The summed E-state index contributed by atoms with van der Waals surface area (Å²) in [7, 11) is -3.50. The molecule has 0 radical (unpaired) electrons. The molecule has 106 valence electrons. The lowest BCUT2D eigenvalue weighted by Gasteiger charge is -2.26. The van der Waals surface area contributed by atoms with Crippen molar-refractivity contribution in [3.05, 3.63) is 44.5 Å². The number of hydrogen-bond donors (Lipinski definition) is 0. The molecular formula is C12H10BrClN2O2S2. The summed E-state index contributed by atoms with van der Waals surface area (Å²) in [5.74, 6) is 0. The maximum absolute atomic E-state index is 12.6. The summed E-state index contributed by atoms with van der Waals surface area (Å²) in [5, 5.41) is 0.424. The summed E-state index contributed by atoms with van der Waals surface area (Å²) in [4.78, 5) is 4.28. The molecular weight excluding hydrogens is 384 g/mol. The fourth-order valence-electron chi connectivity index (χ4n) is 2.13. The molecule has 0 atom stereocenters. The normalized spacial score (nSPS) is 16.1. The Hall–Kier alpha value is -0.470. The second-order valence-corrected chi connectivity index (χ2v) is 9.33. The van der Waals surface area contributed by atoms with Gasteiger partial charge in [0.05, 0.1) is 8.81 Å². The maximum atomic E-state index is 12.6. The Morgan fingerprint density at radius 3 is 2.95 bits per heavy atom. The first kappa shape index (κ1) is 14.5. The van der Waals surface area contributed by atoms with E-state index in [1.165, 1.54) is 10.4 Å². The maximum Gasteiger partial charge on any atom is 0.252 e. The van der Waals surface area contributed by atoms with Crippen LogP contribution in [0.1, 0.15) is 11.3 Å². The number of thiophene rings is 1. The third-order valence-electron chi connectivity index (χ3n) is 3.15. The van der Waals surface area contributed by atoms with Gasteiger partial charge in [-0.25, -0.2) is 8.42 Å². The predicted octanol–water partition coefficient (Wildman–Crippen LogP) is 3.31. The number of rotatable bonds is 2. The molecule has 0 unspecified atom stereocenters. The van der Waals surface area contributed by atoms with Gasteiger partial charge in [0.1, 0.15) is 4.21 Å². The van der Waals surface area contributed by atoms with Gasteiger partial charge >= 0.3 is 0 Å². The van der Waals surface area contributed by atoms with Crippen LogP contribution in [0.4, 0.5) is 0 Å². The van der Waals surface area contributed by atoms with Crippen molar-refractivity contribution < 1.29 is 8.42 Å². The minimum Gasteiger partial charge on any atom is -0.261 e. The second-order valence-electron chi connectivity index (χ2n) is 4.38. The Bertz CT molecular complexity index is 741. The molecule has 4 nitrogen and oxygen atoms in total. The molecule has 0 aliphatic carbocycles. The van der Waals surface area contributed by atoms with Gasteiger partial charge in [-0.3, -0.25) is 4.98 Å². The molecule has 0 saturated carbocycles. The Labute approximate surface area is 134 Å². The molecule has 3 rings (SSSR count). The van der Waals surface area contributed by atoms with Crippen LogP contribution in [0, 0.1) is 0 Å². The molecule has 2 aromatic rings. The Kier molecular flexibility index (Phi) is 3.89. The summed E-state index contributed by atoms with van der Waals surface area (Å²) in [6.45, 7) is 0.804. The van der Waals surface area contributed by atoms with E-state index in [0.29, 0.717) is 28.3 Å². The fraction of sp³-hybridized carbons (Fsp3) is 0.250. The summed E-state index contributed by atoms with van der Waals surface area (Å²) in [6.07, 6.45) is 2.37. The Morgan fingerprint density at radius 1 is 1.45 bits per heavy atom.